The summed E-state index contributed by atoms with van der Waals surface area (Å²) >= 11 is 1.40. The van der Waals surface area contributed by atoms with Crippen LogP contribution in [0.15, 0.2) is 59.5 Å². The molecule has 1 unspecified atom stereocenters. The third-order valence-corrected chi connectivity index (χ3v) is 6.24. The lowest BCUT2D eigenvalue weighted by Gasteiger charge is -2.26. The van der Waals surface area contributed by atoms with Crippen molar-refractivity contribution in [3.05, 3.63) is 92.4 Å². The highest BCUT2D eigenvalue weighted by atomic mass is 32.1. The molecule has 4 rings (SSSR count). The van der Waals surface area contributed by atoms with E-state index in [1.165, 1.54) is 34.4 Å². The summed E-state index contributed by atoms with van der Waals surface area (Å²) in [4.78, 5) is 28.4. The van der Waals surface area contributed by atoms with Gasteiger partial charge in [0.2, 0.25) is 0 Å². The Morgan fingerprint density at radius 2 is 1.80 bits per heavy atom. The quantitative estimate of drug-likeness (QED) is 0.348. The summed E-state index contributed by atoms with van der Waals surface area (Å²) in [6, 6.07) is 12.8. The van der Waals surface area contributed by atoms with Gasteiger partial charge in [0.1, 0.15) is 17.6 Å². The van der Waals surface area contributed by atoms with Gasteiger partial charge in [-0.25, -0.2) is 4.39 Å². The van der Waals surface area contributed by atoms with Crippen molar-refractivity contribution in [3.8, 4) is 0 Å². The minimum Gasteiger partial charge on any atom is -0.507 e. The molecule has 2 aromatic carbocycles. The van der Waals surface area contributed by atoms with Crippen LogP contribution in [0.1, 0.15) is 33.2 Å². The first-order valence-corrected chi connectivity index (χ1v) is 10.4. The van der Waals surface area contributed by atoms with E-state index < -0.39 is 23.5 Å². The molecule has 1 aliphatic heterocycles. The molecule has 4 nitrogen and oxygen atoms in total. The van der Waals surface area contributed by atoms with Gasteiger partial charge in [0, 0.05) is 16.1 Å². The van der Waals surface area contributed by atoms with Gasteiger partial charge in [0.25, 0.3) is 11.7 Å². The van der Waals surface area contributed by atoms with Crippen LogP contribution < -0.4 is 4.90 Å². The summed E-state index contributed by atoms with van der Waals surface area (Å²) < 4.78 is 13.7. The predicted molar refractivity (Wildman–Crippen MR) is 116 cm³/mol. The van der Waals surface area contributed by atoms with Gasteiger partial charge >= 0.3 is 0 Å². The summed E-state index contributed by atoms with van der Waals surface area (Å²) in [5.74, 6) is -2.16. The van der Waals surface area contributed by atoms with Crippen molar-refractivity contribution in [1.29, 1.82) is 0 Å². The molecule has 0 radical (unpaired) electrons. The number of ketones is 1. The maximum atomic E-state index is 13.7. The fourth-order valence-corrected chi connectivity index (χ4v) is 4.55. The van der Waals surface area contributed by atoms with Crippen molar-refractivity contribution in [1.82, 2.24) is 0 Å². The lowest BCUT2D eigenvalue weighted by atomic mass is 9.98. The second kappa shape index (κ2) is 7.54. The molecule has 30 heavy (non-hydrogen) atoms. The van der Waals surface area contributed by atoms with E-state index in [0.29, 0.717) is 16.8 Å². The van der Waals surface area contributed by atoms with Crippen LogP contribution in [-0.2, 0) is 9.59 Å². The van der Waals surface area contributed by atoms with Crippen LogP contribution in [0, 0.1) is 26.6 Å². The first-order valence-electron chi connectivity index (χ1n) is 9.47. The second-order valence-corrected chi connectivity index (χ2v) is 8.42. The van der Waals surface area contributed by atoms with Crippen LogP contribution >= 0.6 is 11.3 Å². The number of Topliss-reactive ketones (excluding diaryl/α,β-unsaturated/α-hetero) is 1. The van der Waals surface area contributed by atoms with E-state index in [2.05, 4.69) is 0 Å². The van der Waals surface area contributed by atoms with E-state index in [1.807, 2.05) is 49.6 Å². The molecule has 0 saturated carbocycles. The van der Waals surface area contributed by atoms with Crippen LogP contribution in [0.3, 0.4) is 0 Å². The summed E-state index contributed by atoms with van der Waals surface area (Å²) in [7, 11) is 0. The van der Waals surface area contributed by atoms with Crippen molar-refractivity contribution in [2.45, 2.75) is 26.8 Å². The fourth-order valence-electron chi connectivity index (χ4n) is 3.72. The summed E-state index contributed by atoms with van der Waals surface area (Å²) in [6.07, 6.45) is 0. The van der Waals surface area contributed by atoms with E-state index in [-0.39, 0.29) is 11.3 Å². The lowest BCUT2D eigenvalue weighted by molar-refractivity contribution is -0.132. The Balaban J connectivity index is 1.96. The number of amides is 1. The number of benzene rings is 2. The maximum Gasteiger partial charge on any atom is 0.300 e. The number of rotatable bonds is 3. The number of aryl methyl sites for hydroxylation is 3. The van der Waals surface area contributed by atoms with Gasteiger partial charge in [-0.05, 0) is 73.2 Å². The monoisotopic (exact) mass is 421 g/mol. The molecule has 2 heterocycles. The molecular weight excluding hydrogens is 401 g/mol. The molecule has 1 amide bonds. The van der Waals surface area contributed by atoms with E-state index in [9.17, 15) is 19.1 Å². The lowest BCUT2D eigenvalue weighted by Crippen LogP contribution is -2.29. The molecule has 1 atom stereocenters. The molecule has 152 valence electrons. The number of carbonyl (C=O) groups is 2. The first-order chi connectivity index (χ1) is 14.3. The van der Waals surface area contributed by atoms with Crippen LogP contribution in [0.5, 0.6) is 0 Å². The Morgan fingerprint density at radius 3 is 2.47 bits per heavy atom. The summed E-state index contributed by atoms with van der Waals surface area (Å²) in [5, 5.41) is 12.9. The highest BCUT2D eigenvalue weighted by Gasteiger charge is 2.47. The molecule has 1 saturated heterocycles. The number of thiophene rings is 1. The number of hydrogen-bond acceptors (Lipinski definition) is 4. The Kier molecular flexibility index (Phi) is 5.03. The number of carbonyl (C=O) groups excluding carboxylic acids is 2. The van der Waals surface area contributed by atoms with Crippen LogP contribution in [0.4, 0.5) is 10.1 Å². The SMILES string of the molecule is Cc1ccc(C)c(N2C(=O)C(=O)/C(=C(\O)c3ccc(F)c(C)c3)C2c2cccs2)c1. The van der Waals surface area contributed by atoms with Gasteiger partial charge in [-0.2, -0.15) is 0 Å². The Bertz CT molecular complexity index is 1200. The summed E-state index contributed by atoms with van der Waals surface area (Å²) in [6.45, 7) is 5.38. The Hall–Kier alpha value is -3.25. The van der Waals surface area contributed by atoms with E-state index in [0.717, 1.165) is 16.0 Å². The van der Waals surface area contributed by atoms with Crippen molar-refractivity contribution in [2.75, 3.05) is 4.90 Å². The fraction of sp³-hybridized carbons (Fsp3) is 0.167. The molecule has 6 heteroatoms. The molecule has 0 bridgehead atoms. The molecular formula is C24H20FNO3S. The third-order valence-electron chi connectivity index (χ3n) is 5.31. The van der Waals surface area contributed by atoms with Gasteiger partial charge in [-0.15, -0.1) is 11.3 Å². The highest BCUT2D eigenvalue weighted by molar-refractivity contribution is 7.10. The summed E-state index contributed by atoms with van der Waals surface area (Å²) in [5.41, 5.74) is 3.09. The molecule has 1 N–H and O–H groups in total. The number of aliphatic hydroxyl groups is 1. The van der Waals surface area contributed by atoms with Gasteiger partial charge < -0.3 is 5.11 Å². The zero-order valence-electron chi connectivity index (χ0n) is 16.8. The van der Waals surface area contributed by atoms with Crippen molar-refractivity contribution < 1.29 is 19.1 Å². The average molecular weight is 421 g/mol. The Labute approximate surface area is 177 Å². The normalized spacial score (nSPS) is 18.3. The molecule has 1 aliphatic rings. The van der Waals surface area contributed by atoms with Crippen molar-refractivity contribution in [3.63, 3.8) is 0 Å². The van der Waals surface area contributed by atoms with E-state index in [4.69, 9.17) is 0 Å². The van der Waals surface area contributed by atoms with Crippen LogP contribution in [0.2, 0.25) is 0 Å². The predicted octanol–water partition coefficient (Wildman–Crippen LogP) is 5.44. The number of halogens is 1. The number of anilines is 1. The van der Waals surface area contributed by atoms with Gasteiger partial charge in [-0.1, -0.05) is 18.2 Å². The first kappa shape index (κ1) is 20.0. The molecule has 0 aliphatic carbocycles. The zero-order chi connectivity index (χ0) is 21.6. The highest BCUT2D eigenvalue weighted by Crippen LogP contribution is 2.44. The second-order valence-electron chi connectivity index (χ2n) is 7.44. The maximum absolute atomic E-state index is 13.7. The average Bonchev–Trinajstić information content (AvgIpc) is 3.33. The molecule has 1 aromatic heterocycles. The number of aliphatic hydroxyl groups excluding tert-OH is 1. The zero-order valence-corrected chi connectivity index (χ0v) is 17.6. The smallest absolute Gasteiger partial charge is 0.300 e. The van der Waals surface area contributed by atoms with Crippen molar-refractivity contribution in [2.24, 2.45) is 0 Å². The van der Waals surface area contributed by atoms with Crippen LogP contribution in [-0.4, -0.2) is 16.8 Å². The van der Waals surface area contributed by atoms with Gasteiger partial charge in [-0.3, -0.25) is 14.5 Å². The molecule has 3 aromatic rings. The topological polar surface area (TPSA) is 57.6 Å². The minimum absolute atomic E-state index is 0.00867. The van der Waals surface area contributed by atoms with Gasteiger partial charge in [0.05, 0.1) is 5.57 Å². The van der Waals surface area contributed by atoms with E-state index in [1.54, 1.807) is 6.92 Å². The van der Waals surface area contributed by atoms with Crippen LogP contribution in [0.25, 0.3) is 5.76 Å². The number of hydrogen-bond donors (Lipinski definition) is 1. The minimum atomic E-state index is -0.756. The largest absolute Gasteiger partial charge is 0.507 e. The standard InChI is InChI=1S/C24H20FNO3S/c1-13-6-7-14(2)18(11-13)26-21(19-5-4-10-30-19)20(23(28)24(26)29)22(27)16-8-9-17(25)15(3)12-16/h4-12,21,27H,1-3H3/b22-20-. The Morgan fingerprint density at radius 1 is 1.03 bits per heavy atom. The number of nitrogens with zero attached hydrogens (tertiary/aromatic N) is 1. The van der Waals surface area contributed by atoms with Gasteiger partial charge in [0.15, 0.2) is 0 Å². The van der Waals surface area contributed by atoms with Crippen molar-refractivity contribution >= 4 is 34.5 Å². The molecule has 0 spiro atoms. The van der Waals surface area contributed by atoms with E-state index >= 15 is 0 Å². The molecule has 1 fully saturated rings. The third kappa shape index (κ3) is 3.23.